The molecular weight excluding hydrogens is 468 g/mol. The SMILES string of the molecule is COc1ccc(-n2nc(CC(C(=O)O)c3cccc4ccccc34)cc2-c2ccc3c(c2)OCO3)cc1. The number of aliphatic carboxylic acids is 1. The van der Waals surface area contributed by atoms with Gasteiger partial charge in [0.1, 0.15) is 5.75 Å². The zero-order valence-electron chi connectivity index (χ0n) is 20.1. The van der Waals surface area contributed by atoms with E-state index in [1.54, 1.807) is 7.11 Å². The number of carbonyl (C=O) groups is 1. The minimum Gasteiger partial charge on any atom is -0.497 e. The van der Waals surface area contributed by atoms with Gasteiger partial charge >= 0.3 is 5.97 Å². The van der Waals surface area contributed by atoms with Crippen LogP contribution in [0.1, 0.15) is 17.2 Å². The first-order valence-electron chi connectivity index (χ1n) is 11.9. The molecule has 1 aliphatic rings. The van der Waals surface area contributed by atoms with Gasteiger partial charge in [-0.05, 0) is 64.9 Å². The van der Waals surface area contributed by atoms with Gasteiger partial charge in [0.15, 0.2) is 11.5 Å². The first kappa shape index (κ1) is 22.7. The number of rotatable bonds is 7. The normalized spacial score (nSPS) is 13.0. The van der Waals surface area contributed by atoms with E-state index in [0.29, 0.717) is 17.2 Å². The van der Waals surface area contributed by atoms with Crippen molar-refractivity contribution in [2.24, 2.45) is 0 Å². The van der Waals surface area contributed by atoms with E-state index in [2.05, 4.69) is 0 Å². The van der Waals surface area contributed by atoms with Crippen molar-refractivity contribution in [2.45, 2.75) is 12.3 Å². The molecule has 1 aliphatic heterocycles. The lowest BCUT2D eigenvalue weighted by Gasteiger charge is -2.14. The minimum absolute atomic E-state index is 0.188. The Labute approximate surface area is 213 Å². The van der Waals surface area contributed by atoms with E-state index >= 15 is 0 Å². The third kappa shape index (κ3) is 4.25. The average Bonchev–Trinajstić information content (AvgIpc) is 3.58. The van der Waals surface area contributed by atoms with Crippen LogP contribution < -0.4 is 14.2 Å². The summed E-state index contributed by atoms with van der Waals surface area (Å²) in [6.45, 7) is 0.188. The third-order valence-corrected chi connectivity index (χ3v) is 6.66. The van der Waals surface area contributed by atoms with Crippen molar-refractivity contribution in [1.29, 1.82) is 0 Å². The summed E-state index contributed by atoms with van der Waals surface area (Å²) in [5.74, 6) is 0.458. The van der Waals surface area contributed by atoms with Crippen LogP contribution in [-0.4, -0.2) is 34.8 Å². The van der Waals surface area contributed by atoms with Gasteiger partial charge in [0.05, 0.1) is 30.1 Å². The van der Waals surface area contributed by atoms with E-state index in [0.717, 1.165) is 39.0 Å². The maximum Gasteiger partial charge on any atom is 0.311 e. The molecule has 6 rings (SSSR count). The molecular formula is C30H24N2O5. The number of nitrogens with zero attached hydrogens (tertiary/aromatic N) is 2. The first-order valence-corrected chi connectivity index (χ1v) is 11.9. The fourth-order valence-electron chi connectivity index (χ4n) is 4.81. The monoisotopic (exact) mass is 492 g/mol. The van der Waals surface area contributed by atoms with E-state index < -0.39 is 11.9 Å². The summed E-state index contributed by atoms with van der Waals surface area (Å²) < 4.78 is 18.2. The molecule has 37 heavy (non-hydrogen) atoms. The number of fused-ring (bicyclic) bond motifs is 2. The molecule has 2 heterocycles. The summed E-state index contributed by atoms with van der Waals surface area (Å²) in [6, 6.07) is 28.9. The molecule has 5 aromatic rings. The van der Waals surface area contributed by atoms with Crippen LogP contribution in [0.25, 0.3) is 27.7 Å². The predicted molar refractivity (Wildman–Crippen MR) is 140 cm³/mol. The van der Waals surface area contributed by atoms with E-state index in [-0.39, 0.29) is 13.2 Å². The summed E-state index contributed by atoms with van der Waals surface area (Å²) in [6.07, 6.45) is 0.240. The predicted octanol–water partition coefficient (Wildman–Crippen LogP) is 5.84. The van der Waals surface area contributed by atoms with E-state index in [1.165, 1.54) is 0 Å². The second-order valence-corrected chi connectivity index (χ2v) is 8.86. The smallest absolute Gasteiger partial charge is 0.311 e. The molecule has 0 spiro atoms. The summed E-state index contributed by atoms with van der Waals surface area (Å²) in [7, 11) is 1.62. The molecule has 7 nitrogen and oxygen atoms in total. The van der Waals surface area contributed by atoms with Gasteiger partial charge in [-0.15, -0.1) is 0 Å². The van der Waals surface area contributed by atoms with Crippen LogP contribution in [0.2, 0.25) is 0 Å². The third-order valence-electron chi connectivity index (χ3n) is 6.66. The van der Waals surface area contributed by atoms with Gasteiger partial charge in [-0.2, -0.15) is 5.10 Å². The Hall–Kier alpha value is -4.78. The molecule has 0 bridgehead atoms. The number of ether oxygens (including phenoxy) is 3. The zero-order valence-corrected chi connectivity index (χ0v) is 20.1. The van der Waals surface area contributed by atoms with Crippen LogP contribution in [0.5, 0.6) is 17.2 Å². The Morgan fingerprint density at radius 1 is 0.973 bits per heavy atom. The maximum absolute atomic E-state index is 12.5. The number of aromatic nitrogens is 2. The highest BCUT2D eigenvalue weighted by Gasteiger charge is 2.25. The van der Waals surface area contributed by atoms with Gasteiger partial charge in [-0.25, -0.2) is 4.68 Å². The second-order valence-electron chi connectivity index (χ2n) is 8.86. The molecule has 0 radical (unpaired) electrons. The van der Waals surface area contributed by atoms with E-state index in [9.17, 15) is 9.90 Å². The van der Waals surface area contributed by atoms with Crippen molar-refractivity contribution in [2.75, 3.05) is 13.9 Å². The lowest BCUT2D eigenvalue weighted by Crippen LogP contribution is -2.15. The molecule has 0 aliphatic carbocycles. The molecule has 4 aromatic carbocycles. The van der Waals surface area contributed by atoms with Crippen LogP contribution in [0.4, 0.5) is 0 Å². The van der Waals surface area contributed by atoms with Crippen LogP contribution in [0, 0.1) is 0 Å². The highest BCUT2D eigenvalue weighted by molar-refractivity contribution is 5.91. The zero-order chi connectivity index (χ0) is 25.4. The number of carboxylic acid groups (broad SMARTS) is 1. The molecule has 0 amide bonds. The Bertz CT molecular complexity index is 1600. The number of hydrogen-bond donors (Lipinski definition) is 1. The van der Waals surface area contributed by atoms with Crippen LogP contribution in [0.3, 0.4) is 0 Å². The van der Waals surface area contributed by atoms with Crippen molar-refractivity contribution in [1.82, 2.24) is 9.78 Å². The molecule has 0 saturated heterocycles. The Morgan fingerprint density at radius 3 is 2.57 bits per heavy atom. The van der Waals surface area contributed by atoms with Gasteiger partial charge in [0.25, 0.3) is 0 Å². The molecule has 1 aromatic heterocycles. The Balaban J connectivity index is 1.44. The number of methoxy groups -OCH3 is 1. The second kappa shape index (κ2) is 9.35. The average molecular weight is 493 g/mol. The van der Waals surface area contributed by atoms with Crippen molar-refractivity contribution in [3.05, 3.63) is 102 Å². The highest BCUT2D eigenvalue weighted by Crippen LogP contribution is 2.37. The summed E-state index contributed by atoms with van der Waals surface area (Å²) in [5, 5.41) is 17.1. The van der Waals surface area contributed by atoms with Crippen molar-refractivity contribution >= 4 is 16.7 Å². The number of benzene rings is 4. The van der Waals surface area contributed by atoms with E-state index in [1.807, 2.05) is 95.7 Å². The summed E-state index contributed by atoms with van der Waals surface area (Å²) in [4.78, 5) is 12.5. The van der Waals surface area contributed by atoms with E-state index in [4.69, 9.17) is 19.3 Å². The fourth-order valence-corrected chi connectivity index (χ4v) is 4.81. The fraction of sp³-hybridized carbons (Fsp3) is 0.133. The molecule has 1 unspecified atom stereocenters. The highest BCUT2D eigenvalue weighted by atomic mass is 16.7. The number of carboxylic acids is 1. The van der Waals surface area contributed by atoms with Gasteiger partial charge in [-0.3, -0.25) is 4.79 Å². The largest absolute Gasteiger partial charge is 0.497 e. The standard InChI is InChI=1S/C30H24N2O5/c1-35-23-12-10-22(11-13-23)32-27(20-9-14-28-29(15-20)37-18-36-28)17-21(31-32)16-26(30(33)34)25-8-4-6-19-5-2-3-7-24(19)25/h2-15,17,26H,16,18H2,1H3,(H,33,34). The molecule has 0 saturated carbocycles. The lowest BCUT2D eigenvalue weighted by atomic mass is 9.90. The quantitative estimate of drug-likeness (QED) is 0.307. The molecule has 184 valence electrons. The summed E-state index contributed by atoms with van der Waals surface area (Å²) in [5.41, 5.74) is 3.98. The number of hydrogen-bond acceptors (Lipinski definition) is 5. The van der Waals surface area contributed by atoms with Crippen LogP contribution >= 0.6 is 0 Å². The lowest BCUT2D eigenvalue weighted by molar-refractivity contribution is -0.138. The maximum atomic E-state index is 12.5. The van der Waals surface area contributed by atoms with Crippen LogP contribution in [-0.2, 0) is 11.2 Å². The van der Waals surface area contributed by atoms with Crippen molar-refractivity contribution in [3.8, 4) is 34.2 Å². The van der Waals surface area contributed by atoms with Crippen LogP contribution in [0.15, 0.2) is 91.0 Å². The van der Waals surface area contributed by atoms with Gasteiger partial charge in [0.2, 0.25) is 6.79 Å². The van der Waals surface area contributed by atoms with Crippen molar-refractivity contribution < 1.29 is 24.1 Å². The molecule has 0 fully saturated rings. The first-order chi connectivity index (χ1) is 18.1. The molecule has 1 atom stereocenters. The van der Waals surface area contributed by atoms with Crippen molar-refractivity contribution in [3.63, 3.8) is 0 Å². The van der Waals surface area contributed by atoms with Gasteiger partial charge in [0, 0.05) is 12.0 Å². The Kier molecular flexibility index (Phi) is 5.73. The topological polar surface area (TPSA) is 82.8 Å². The summed E-state index contributed by atoms with van der Waals surface area (Å²) >= 11 is 0. The Morgan fingerprint density at radius 2 is 1.76 bits per heavy atom. The van der Waals surface area contributed by atoms with Gasteiger partial charge < -0.3 is 19.3 Å². The molecule has 7 heteroatoms. The minimum atomic E-state index is -0.889. The molecule has 1 N–H and O–H groups in total. The van der Waals surface area contributed by atoms with Gasteiger partial charge in [-0.1, -0.05) is 42.5 Å².